The molecule has 0 saturated heterocycles. The zero-order valence-corrected chi connectivity index (χ0v) is 8.92. The Bertz CT molecular complexity index is 336. The molecule has 0 amide bonds. The largest absolute Gasteiger partial charge is 0.490 e. The molecule has 82 valence electrons. The summed E-state index contributed by atoms with van der Waals surface area (Å²) in [5, 5.41) is 3.01. The van der Waals surface area contributed by atoms with Crippen LogP contribution in [-0.2, 0) is 6.54 Å². The molecular weight excluding hydrogens is 193 g/mol. The molecule has 2 nitrogen and oxygen atoms in total. The molecule has 0 aliphatic heterocycles. The molecular formula is C12H16FNO. The summed E-state index contributed by atoms with van der Waals surface area (Å²) >= 11 is 0. The first kappa shape index (κ1) is 10.4. The van der Waals surface area contributed by atoms with E-state index in [2.05, 4.69) is 5.32 Å². The van der Waals surface area contributed by atoms with Crippen LogP contribution in [0.2, 0.25) is 0 Å². The van der Waals surface area contributed by atoms with Gasteiger partial charge in [-0.3, -0.25) is 0 Å². The highest BCUT2D eigenvalue weighted by atomic mass is 19.1. The molecule has 1 fully saturated rings. The van der Waals surface area contributed by atoms with Gasteiger partial charge in [0.2, 0.25) is 0 Å². The van der Waals surface area contributed by atoms with Crippen LogP contribution in [0.15, 0.2) is 18.2 Å². The van der Waals surface area contributed by atoms with E-state index in [-0.39, 0.29) is 5.82 Å². The quantitative estimate of drug-likeness (QED) is 0.822. The molecule has 0 heterocycles. The third kappa shape index (κ3) is 2.48. The Morgan fingerprint density at radius 1 is 1.47 bits per heavy atom. The minimum atomic E-state index is -0.207. The lowest BCUT2D eigenvalue weighted by Gasteiger charge is -2.27. The van der Waals surface area contributed by atoms with Gasteiger partial charge in [0.1, 0.15) is 11.6 Å². The summed E-state index contributed by atoms with van der Waals surface area (Å²) in [6.07, 6.45) is 3.83. The summed E-state index contributed by atoms with van der Waals surface area (Å²) in [4.78, 5) is 0. The fourth-order valence-corrected chi connectivity index (χ4v) is 1.66. The first-order valence-corrected chi connectivity index (χ1v) is 5.39. The van der Waals surface area contributed by atoms with Crippen molar-refractivity contribution in [1.82, 2.24) is 5.32 Å². The van der Waals surface area contributed by atoms with Crippen molar-refractivity contribution in [1.29, 1.82) is 0 Å². The standard InChI is InChI=1S/C12H16FNO/c1-14-8-9-7-10(13)5-6-12(9)15-11-3-2-4-11/h5-7,11,14H,2-4,8H2,1H3. The molecule has 0 bridgehead atoms. The van der Waals surface area contributed by atoms with Crippen LogP contribution in [0.4, 0.5) is 4.39 Å². The molecule has 1 saturated carbocycles. The summed E-state index contributed by atoms with van der Waals surface area (Å²) in [5.41, 5.74) is 0.893. The zero-order chi connectivity index (χ0) is 10.7. The van der Waals surface area contributed by atoms with Crippen LogP contribution in [-0.4, -0.2) is 13.2 Å². The van der Waals surface area contributed by atoms with E-state index in [1.54, 1.807) is 6.07 Å². The Morgan fingerprint density at radius 3 is 2.87 bits per heavy atom. The molecule has 15 heavy (non-hydrogen) atoms. The second kappa shape index (κ2) is 4.62. The summed E-state index contributed by atoms with van der Waals surface area (Å²) in [6.45, 7) is 0.639. The third-order valence-electron chi connectivity index (χ3n) is 2.74. The Morgan fingerprint density at radius 2 is 2.27 bits per heavy atom. The number of hydrogen-bond donors (Lipinski definition) is 1. The highest BCUT2D eigenvalue weighted by molar-refractivity contribution is 5.34. The summed E-state index contributed by atoms with van der Waals surface area (Å²) in [6, 6.07) is 4.71. The molecule has 0 unspecified atom stereocenters. The van der Waals surface area contributed by atoms with Gasteiger partial charge in [0.15, 0.2) is 0 Å². The number of halogens is 1. The average molecular weight is 209 g/mol. The van der Waals surface area contributed by atoms with E-state index in [4.69, 9.17) is 4.74 Å². The van der Waals surface area contributed by atoms with Gasteiger partial charge in [-0.2, -0.15) is 0 Å². The van der Waals surface area contributed by atoms with Crippen LogP contribution < -0.4 is 10.1 Å². The van der Waals surface area contributed by atoms with E-state index in [0.717, 1.165) is 24.2 Å². The molecule has 0 radical (unpaired) electrons. The maximum atomic E-state index is 13.0. The van der Waals surface area contributed by atoms with E-state index in [9.17, 15) is 4.39 Å². The second-order valence-corrected chi connectivity index (χ2v) is 3.95. The fourth-order valence-electron chi connectivity index (χ4n) is 1.66. The Labute approximate surface area is 89.4 Å². The van der Waals surface area contributed by atoms with Crippen LogP contribution in [0.5, 0.6) is 5.75 Å². The maximum Gasteiger partial charge on any atom is 0.124 e. The maximum absolute atomic E-state index is 13.0. The molecule has 1 N–H and O–H groups in total. The SMILES string of the molecule is CNCc1cc(F)ccc1OC1CCC1. The Kier molecular flexibility index (Phi) is 3.21. The second-order valence-electron chi connectivity index (χ2n) is 3.95. The van der Waals surface area contributed by atoms with Gasteiger partial charge in [-0.05, 0) is 44.5 Å². The summed E-state index contributed by atoms with van der Waals surface area (Å²) in [5.74, 6) is 0.608. The van der Waals surface area contributed by atoms with Crippen LogP contribution in [0.3, 0.4) is 0 Å². The molecule has 0 atom stereocenters. The highest BCUT2D eigenvalue weighted by Gasteiger charge is 2.20. The number of hydrogen-bond acceptors (Lipinski definition) is 2. The molecule has 1 aromatic rings. The highest BCUT2D eigenvalue weighted by Crippen LogP contribution is 2.28. The molecule has 0 spiro atoms. The van der Waals surface area contributed by atoms with E-state index >= 15 is 0 Å². The minimum Gasteiger partial charge on any atom is -0.490 e. The lowest BCUT2D eigenvalue weighted by atomic mass is 9.96. The average Bonchev–Trinajstić information content (AvgIpc) is 2.14. The normalized spacial score (nSPS) is 16.1. The number of nitrogens with one attached hydrogen (secondary N) is 1. The Hall–Kier alpha value is -1.09. The predicted octanol–water partition coefficient (Wildman–Crippen LogP) is 2.48. The van der Waals surface area contributed by atoms with Gasteiger partial charge >= 0.3 is 0 Å². The van der Waals surface area contributed by atoms with Gasteiger partial charge in [0.05, 0.1) is 6.10 Å². The Balaban J connectivity index is 2.12. The lowest BCUT2D eigenvalue weighted by Crippen LogP contribution is -2.25. The molecule has 1 aliphatic carbocycles. The van der Waals surface area contributed by atoms with Gasteiger partial charge in [-0.15, -0.1) is 0 Å². The number of ether oxygens (including phenoxy) is 1. The van der Waals surface area contributed by atoms with Gasteiger partial charge in [0, 0.05) is 12.1 Å². The van der Waals surface area contributed by atoms with Crippen LogP contribution in [0, 0.1) is 5.82 Å². The van der Waals surface area contributed by atoms with E-state index in [0.29, 0.717) is 12.6 Å². The van der Waals surface area contributed by atoms with Crippen LogP contribution in [0.1, 0.15) is 24.8 Å². The number of benzene rings is 1. The third-order valence-corrected chi connectivity index (χ3v) is 2.74. The van der Waals surface area contributed by atoms with Crippen molar-refractivity contribution in [3.63, 3.8) is 0 Å². The van der Waals surface area contributed by atoms with E-state index < -0.39 is 0 Å². The van der Waals surface area contributed by atoms with Gasteiger partial charge < -0.3 is 10.1 Å². The fraction of sp³-hybridized carbons (Fsp3) is 0.500. The molecule has 3 heteroatoms. The molecule has 0 aromatic heterocycles. The van der Waals surface area contributed by atoms with Crippen LogP contribution in [0.25, 0.3) is 0 Å². The molecule has 1 aromatic carbocycles. The van der Waals surface area contributed by atoms with E-state index in [1.807, 2.05) is 7.05 Å². The van der Waals surface area contributed by atoms with E-state index in [1.165, 1.54) is 18.6 Å². The molecule has 1 aliphatic rings. The van der Waals surface area contributed by atoms with Gasteiger partial charge in [-0.25, -0.2) is 4.39 Å². The zero-order valence-electron chi connectivity index (χ0n) is 8.92. The van der Waals surface area contributed by atoms with Crippen molar-refractivity contribution in [3.8, 4) is 5.75 Å². The smallest absolute Gasteiger partial charge is 0.124 e. The van der Waals surface area contributed by atoms with Crippen molar-refractivity contribution in [2.75, 3.05) is 7.05 Å². The van der Waals surface area contributed by atoms with Gasteiger partial charge in [-0.1, -0.05) is 0 Å². The van der Waals surface area contributed by atoms with Crippen molar-refractivity contribution in [2.45, 2.75) is 31.9 Å². The first-order chi connectivity index (χ1) is 7.29. The van der Waals surface area contributed by atoms with Crippen molar-refractivity contribution in [3.05, 3.63) is 29.6 Å². The van der Waals surface area contributed by atoms with Crippen molar-refractivity contribution < 1.29 is 9.13 Å². The van der Waals surface area contributed by atoms with Crippen molar-refractivity contribution >= 4 is 0 Å². The minimum absolute atomic E-state index is 0.207. The molecule has 2 rings (SSSR count). The summed E-state index contributed by atoms with van der Waals surface area (Å²) in [7, 11) is 1.85. The van der Waals surface area contributed by atoms with Crippen molar-refractivity contribution in [2.24, 2.45) is 0 Å². The first-order valence-electron chi connectivity index (χ1n) is 5.39. The predicted molar refractivity (Wildman–Crippen MR) is 57.4 cm³/mol. The monoisotopic (exact) mass is 209 g/mol. The lowest BCUT2D eigenvalue weighted by molar-refractivity contribution is 0.119. The number of rotatable bonds is 4. The summed E-state index contributed by atoms with van der Waals surface area (Å²) < 4.78 is 18.8. The van der Waals surface area contributed by atoms with Crippen LogP contribution >= 0.6 is 0 Å². The van der Waals surface area contributed by atoms with Gasteiger partial charge in [0.25, 0.3) is 0 Å². The topological polar surface area (TPSA) is 21.3 Å².